The molecule has 1 aliphatic rings. The number of carbonyl (C=O) groups is 1. The molecule has 0 saturated carbocycles. The molecular weight excluding hydrogens is 326 g/mol. The Morgan fingerprint density at radius 1 is 1.12 bits per heavy atom. The zero-order valence-corrected chi connectivity index (χ0v) is 12.9. The molecule has 124 valence electrons. The summed E-state index contributed by atoms with van der Waals surface area (Å²) in [6, 6.07) is 10.3. The first kappa shape index (κ1) is 15.2. The van der Waals surface area contributed by atoms with Gasteiger partial charge in [0.15, 0.2) is 5.69 Å². The number of halogens is 2. The summed E-state index contributed by atoms with van der Waals surface area (Å²) in [6.07, 6.45) is 1.40. The Labute approximate surface area is 141 Å². The van der Waals surface area contributed by atoms with E-state index in [4.69, 9.17) is 5.73 Å². The Hall–Kier alpha value is -3.35. The number of imidazole rings is 1. The number of hydrogen-bond acceptors (Lipinski definition) is 3. The molecule has 0 bridgehead atoms. The van der Waals surface area contributed by atoms with Crippen molar-refractivity contribution in [1.82, 2.24) is 9.55 Å². The van der Waals surface area contributed by atoms with Gasteiger partial charge in [-0.15, -0.1) is 0 Å². The maximum atomic E-state index is 14.3. The zero-order chi connectivity index (χ0) is 17.6. The highest BCUT2D eigenvalue weighted by Gasteiger charge is 2.24. The number of amides is 1. The van der Waals surface area contributed by atoms with Gasteiger partial charge in [-0.2, -0.15) is 0 Å². The highest BCUT2D eigenvalue weighted by atomic mass is 19.1. The van der Waals surface area contributed by atoms with Gasteiger partial charge in [0, 0.05) is 11.1 Å². The predicted octanol–water partition coefficient (Wildman–Crippen LogP) is 2.60. The van der Waals surface area contributed by atoms with Crippen molar-refractivity contribution in [3.63, 3.8) is 0 Å². The lowest BCUT2D eigenvalue weighted by atomic mass is 10.00. The number of primary amides is 1. The van der Waals surface area contributed by atoms with Gasteiger partial charge in [-0.3, -0.25) is 14.4 Å². The average Bonchev–Trinajstić information content (AvgIpc) is 2.95. The molecule has 2 heterocycles. The summed E-state index contributed by atoms with van der Waals surface area (Å²) in [4.78, 5) is 20.1. The fourth-order valence-corrected chi connectivity index (χ4v) is 2.97. The highest BCUT2D eigenvalue weighted by molar-refractivity contribution is 6.15. The minimum absolute atomic E-state index is 0.0637. The largest absolute Gasteiger partial charge is 0.364 e. The first-order valence-corrected chi connectivity index (χ1v) is 7.52. The Kier molecular flexibility index (Phi) is 3.42. The molecule has 1 amide bonds. The smallest absolute Gasteiger partial charge is 0.269 e. The number of rotatable bonds is 2. The number of hydrogen-bond donors (Lipinski definition) is 1. The minimum Gasteiger partial charge on any atom is -0.364 e. The standard InChI is InChI=1S/C18H12F2N4O/c19-10-5-6-12-14(7-10)24-9-23-17(18(21)25)15(24)8-22-16(12)11-3-1-2-4-13(11)20/h1-7,9H,8H2,(H2,21,25). The molecule has 2 aromatic carbocycles. The van der Waals surface area contributed by atoms with Gasteiger partial charge >= 0.3 is 0 Å². The lowest BCUT2D eigenvalue weighted by Crippen LogP contribution is -2.14. The second-order valence-corrected chi connectivity index (χ2v) is 5.58. The quantitative estimate of drug-likeness (QED) is 0.780. The van der Waals surface area contributed by atoms with Gasteiger partial charge in [-0.25, -0.2) is 13.8 Å². The topological polar surface area (TPSA) is 73.3 Å². The molecule has 0 atom stereocenters. The van der Waals surface area contributed by atoms with Crippen molar-refractivity contribution in [2.45, 2.75) is 6.54 Å². The molecule has 2 N–H and O–H groups in total. The molecule has 4 rings (SSSR count). The van der Waals surface area contributed by atoms with E-state index in [1.54, 1.807) is 22.8 Å². The SMILES string of the molecule is NC(=O)c1ncn2c1CN=C(c1ccccc1F)c1ccc(F)cc1-2. The van der Waals surface area contributed by atoms with Gasteiger partial charge in [0.2, 0.25) is 0 Å². The van der Waals surface area contributed by atoms with Gasteiger partial charge in [-0.1, -0.05) is 12.1 Å². The number of carbonyl (C=O) groups excluding carboxylic acids is 1. The van der Waals surface area contributed by atoms with Crippen LogP contribution in [0.2, 0.25) is 0 Å². The number of aromatic nitrogens is 2. The van der Waals surface area contributed by atoms with Crippen LogP contribution in [0, 0.1) is 11.6 Å². The van der Waals surface area contributed by atoms with Crippen LogP contribution in [0.3, 0.4) is 0 Å². The van der Waals surface area contributed by atoms with E-state index in [2.05, 4.69) is 9.98 Å². The number of aliphatic imine (C=N–C) groups is 1. The van der Waals surface area contributed by atoms with E-state index < -0.39 is 17.5 Å². The third-order valence-corrected chi connectivity index (χ3v) is 4.09. The summed E-state index contributed by atoms with van der Waals surface area (Å²) < 4.78 is 29.7. The molecule has 7 heteroatoms. The molecule has 0 spiro atoms. The van der Waals surface area contributed by atoms with Crippen molar-refractivity contribution in [3.05, 3.63) is 82.9 Å². The first-order chi connectivity index (χ1) is 12.1. The van der Waals surface area contributed by atoms with Gasteiger partial charge < -0.3 is 5.73 Å². The summed E-state index contributed by atoms with van der Waals surface area (Å²) in [5.41, 5.74) is 7.50. The summed E-state index contributed by atoms with van der Waals surface area (Å²) in [6.45, 7) is 0.0677. The molecule has 0 fully saturated rings. The van der Waals surface area contributed by atoms with Crippen LogP contribution in [-0.4, -0.2) is 21.2 Å². The fraction of sp³-hybridized carbons (Fsp3) is 0.0556. The molecule has 0 saturated heterocycles. The Morgan fingerprint density at radius 3 is 2.68 bits per heavy atom. The van der Waals surface area contributed by atoms with Crippen molar-refractivity contribution >= 4 is 11.6 Å². The van der Waals surface area contributed by atoms with Crippen LogP contribution >= 0.6 is 0 Å². The summed E-state index contributed by atoms with van der Waals surface area (Å²) in [5, 5.41) is 0. The molecule has 0 unspecified atom stereocenters. The lowest BCUT2D eigenvalue weighted by Gasteiger charge is -2.12. The Balaban J connectivity index is 2.01. The van der Waals surface area contributed by atoms with Crippen molar-refractivity contribution in [2.24, 2.45) is 10.7 Å². The molecule has 25 heavy (non-hydrogen) atoms. The number of fused-ring (bicyclic) bond motifs is 3. The molecular formula is C18H12F2N4O. The predicted molar refractivity (Wildman–Crippen MR) is 87.8 cm³/mol. The molecule has 0 radical (unpaired) electrons. The summed E-state index contributed by atoms with van der Waals surface area (Å²) >= 11 is 0. The van der Waals surface area contributed by atoms with Crippen molar-refractivity contribution in [3.8, 4) is 5.69 Å². The third-order valence-electron chi connectivity index (χ3n) is 4.09. The number of benzene rings is 2. The van der Waals surface area contributed by atoms with Crippen LogP contribution in [0.15, 0.2) is 53.8 Å². The van der Waals surface area contributed by atoms with Crippen molar-refractivity contribution in [2.75, 3.05) is 0 Å². The van der Waals surface area contributed by atoms with Crippen molar-refractivity contribution < 1.29 is 13.6 Å². The van der Waals surface area contributed by atoms with E-state index in [9.17, 15) is 13.6 Å². The maximum Gasteiger partial charge on any atom is 0.269 e. The average molecular weight is 338 g/mol. The monoisotopic (exact) mass is 338 g/mol. The minimum atomic E-state index is -0.698. The first-order valence-electron chi connectivity index (χ1n) is 7.52. The molecule has 5 nitrogen and oxygen atoms in total. The molecule has 3 aromatic rings. The van der Waals surface area contributed by atoms with E-state index in [-0.39, 0.29) is 12.2 Å². The number of nitrogens with two attached hydrogens (primary N) is 1. The third kappa shape index (κ3) is 2.40. The van der Waals surface area contributed by atoms with Crippen LogP contribution in [0.5, 0.6) is 0 Å². The van der Waals surface area contributed by atoms with Crippen LogP contribution in [-0.2, 0) is 6.54 Å². The second kappa shape index (κ2) is 5.62. The normalized spacial score (nSPS) is 12.8. The van der Waals surface area contributed by atoms with Crippen LogP contribution < -0.4 is 5.73 Å². The summed E-state index contributed by atoms with van der Waals surface area (Å²) in [7, 11) is 0. The van der Waals surface area contributed by atoms with E-state index in [0.717, 1.165) is 0 Å². The second-order valence-electron chi connectivity index (χ2n) is 5.58. The van der Waals surface area contributed by atoms with Gasteiger partial charge in [0.25, 0.3) is 5.91 Å². The lowest BCUT2D eigenvalue weighted by molar-refractivity contribution is 0.0995. The van der Waals surface area contributed by atoms with E-state index >= 15 is 0 Å². The molecule has 1 aromatic heterocycles. The molecule has 0 aliphatic carbocycles. The van der Waals surface area contributed by atoms with E-state index in [1.807, 2.05) is 0 Å². The highest BCUT2D eigenvalue weighted by Crippen LogP contribution is 2.28. The van der Waals surface area contributed by atoms with Gasteiger partial charge in [0.05, 0.1) is 23.6 Å². The van der Waals surface area contributed by atoms with Crippen LogP contribution in [0.1, 0.15) is 27.3 Å². The van der Waals surface area contributed by atoms with E-state index in [0.29, 0.717) is 28.2 Å². The zero-order valence-electron chi connectivity index (χ0n) is 12.9. The number of nitrogens with zero attached hydrogens (tertiary/aromatic N) is 3. The Morgan fingerprint density at radius 2 is 1.92 bits per heavy atom. The van der Waals surface area contributed by atoms with Crippen molar-refractivity contribution in [1.29, 1.82) is 0 Å². The summed E-state index contributed by atoms with van der Waals surface area (Å²) in [5.74, 6) is -1.60. The van der Waals surface area contributed by atoms with Gasteiger partial charge in [-0.05, 0) is 30.3 Å². The van der Waals surface area contributed by atoms with E-state index in [1.165, 1.54) is 30.6 Å². The van der Waals surface area contributed by atoms with Crippen LogP contribution in [0.4, 0.5) is 8.78 Å². The molecule has 1 aliphatic heterocycles. The van der Waals surface area contributed by atoms with Gasteiger partial charge in [0.1, 0.15) is 18.0 Å². The Bertz CT molecular complexity index is 1040. The fourth-order valence-electron chi connectivity index (χ4n) is 2.97. The van der Waals surface area contributed by atoms with Crippen LogP contribution in [0.25, 0.3) is 5.69 Å². The maximum absolute atomic E-state index is 14.3.